The van der Waals surface area contributed by atoms with Gasteiger partial charge < -0.3 is 0 Å². The normalized spacial score (nSPS) is 10.4. The third-order valence-corrected chi connectivity index (χ3v) is 6.25. The van der Waals surface area contributed by atoms with Gasteiger partial charge in [0.15, 0.2) is 0 Å². The fourth-order valence-electron chi connectivity index (χ4n) is 1.32. The van der Waals surface area contributed by atoms with Gasteiger partial charge in [-0.3, -0.25) is 0 Å². The largest absolute Gasteiger partial charge is 0.0774 e. The minimum Gasteiger partial charge on any atom is -0.0774 e. The van der Waals surface area contributed by atoms with Crippen LogP contribution in [0, 0.1) is 6.92 Å². The molecule has 0 aliphatic heterocycles. The molecule has 0 aromatic heterocycles. The molecule has 3 heteroatoms. The topological polar surface area (TPSA) is 0 Å². The highest BCUT2D eigenvalue weighted by atomic mass is 33.5. The molecule has 0 saturated carbocycles. The van der Waals surface area contributed by atoms with Crippen LogP contribution in [0.25, 0.3) is 0 Å². The second-order valence-electron chi connectivity index (χ2n) is 3.71. The summed E-state index contributed by atoms with van der Waals surface area (Å²) in [6.07, 6.45) is 0. The van der Waals surface area contributed by atoms with Crippen LogP contribution >= 0.6 is 31.4 Å². The number of rotatable bonds is 5. The van der Waals surface area contributed by atoms with Crippen LogP contribution in [0.15, 0.2) is 59.5 Å². The molecule has 0 heterocycles. The maximum Gasteiger partial charge on any atom is 0.0297 e. The first kappa shape index (κ1) is 12.9. The molecule has 0 aliphatic carbocycles. The SMILES string of the molecule is Cc1ccc(SSSCc2ccccc2)cc1. The van der Waals surface area contributed by atoms with Gasteiger partial charge in [0.05, 0.1) is 0 Å². The summed E-state index contributed by atoms with van der Waals surface area (Å²) in [6.45, 7) is 2.12. The summed E-state index contributed by atoms with van der Waals surface area (Å²) in [5.41, 5.74) is 2.70. The van der Waals surface area contributed by atoms with Gasteiger partial charge in [-0.05, 0) is 45.2 Å². The van der Waals surface area contributed by atoms with E-state index in [9.17, 15) is 0 Å². The molecule has 88 valence electrons. The van der Waals surface area contributed by atoms with E-state index in [0.717, 1.165) is 5.75 Å². The van der Waals surface area contributed by atoms with Crippen molar-refractivity contribution < 1.29 is 0 Å². The number of benzene rings is 2. The highest BCUT2D eigenvalue weighted by molar-refractivity contribution is 9.09. The molecule has 0 atom stereocenters. The van der Waals surface area contributed by atoms with Gasteiger partial charge in [0, 0.05) is 10.6 Å². The summed E-state index contributed by atoms with van der Waals surface area (Å²) in [5.74, 6) is 1.06. The average Bonchev–Trinajstić information content (AvgIpc) is 2.38. The third-order valence-electron chi connectivity index (χ3n) is 2.27. The molecule has 0 fully saturated rings. The summed E-state index contributed by atoms with van der Waals surface area (Å²) in [4.78, 5) is 1.32. The van der Waals surface area contributed by atoms with E-state index >= 15 is 0 Å². The van der Waals surface area contributed by atoms with Gasteiger partial charge in [-0.25, -0.2) is 0 Å². The molecule has 0 N–H and O–H groups in total. The molecule has 0 amide bonds. The van der Waals surface area contributed by atoms with E-state index in [4.69, 9.17) is 0 Å². The zero-order chi connectivity index (χ0) is 11.9. The van der Waals surface area contributed by atoms with E-state index in [1.807, 2.05) is 31.4 Å². The Bertz CT molecular complexity index is 437. The van der Waals surface area contributed by atoms with Crippen molar-refractivity contribution in [1.29, 1.82) is 0 Å². The molecule has 0 nitrogen and oxygen atoms in total. The van der Waals surface area contributed by atoms with Gasteiger partial charge in [-0.1, -0.05) is 58.8 Å². The number of aryl methyl sites for hydroxylation is 1. The standard InChI is InChI=1S/C14H14S3/c1-12-7-9-14(10-8-12)16-17-15-11-13-5-3-2-4-6-13/h2-10H,11H2,1H3. The summed E-state index contributed by atoms with van der Waals surface area (Å²) in [5, 5.41) is 0. The van der Waals surface area contributed by atoms with E-state index in [-0.39, 0.29) is 0 Å². The smallest absolute Gasteiger partial charge is 0.0297 e. The molecule has 0 spiro atoms. The van der Waals surface area contributed by atoms with Crippen LogP contribution in [0.2, 0.25) is 0 Å². The fraction of sp³-hybridized carbons (Fsp3) is 0.143. The van der Waals surface area contributed by atoms with Gasteiger partial charge in [0.1, 0.15) is 0 Å². The van der Waals surface area contributed by atoms with E-state index in [1.165, 1.54) is 16.0 Å². The number of hydrogen-bond donors (Lipinski definition) is 0. The van der Waals surface area contributed by atoms with Gasteiger partial charge in [-0.2, -0.15) is 0 Å². The fourth-order valence-corrected chi connectivity index (χ4v) is 4.91. The molecule has 2 aromatic rings. The lowest BCUT2D eigenvalue weighted by atomic mass is 10.2. The van der Waals surface area contributed by atoms with Gasteiger partial charge in [0.2, 0.25) is 0 Å². The first-order valence-corrected chi connectivity index (χ1v) is 9.06. The van der Waals surface area contributed by atoms with Gasteiger partial charge in [0.25, 0.3) is 0 Å². The molecule has 0 bridgehead atoms. The van der Waals surface area contributed by atoms with Crippen LogP contribution in [0.5, 0.6) is 0 Å². The van der Waals surface area contributed by atoms with Gasteiger partial charge in [-0.15, -0.1) is 0 Å². The van der Waals surface area contributed by atoms with Crippen molar-refractivity contribution in [3.8, 4) is 0 Å². The van der Waals surface area contributed by atoms with Crippen molar-refractivity contribution in [2.45, 2.75) is 17.6 Å². The Kier molecular flexibility index (Phi) is 5.36. The number of hydrogen-bond acceptors (Lipinski definition) is 3. The minimum atomic E-state index is 1.06. The lowest BCUT2D eigenvalue weighted by molar-refractivity contribution is 1.38. The van der Waals surface area contributed by atoms with E-state index in [2.05, 4.69) is 61.5 Å². The molecule has 2 aromatic carbocycles. The highest BCUT2D eigenvalue weighted by Crippen LogP contribution is 2.41. The third kappa shape index (κ3) is 4.70. The van der Waals surface area contributed by atoms with Crippen LogP contribution in [0.1, 0.15) is 11.1 Å². The average molecular weight is 278 g/mol. The van der Waals surface area contributed by atoms with Crippen LogP contribution < -0.4 is 0 Å². The minimum absolute atomic E-state index is 1.06. The van der Waals surface area contributed by atoms with Crippen molar-refractivity contribution in [2.75, 3.05) is 0 Å². The van der Waals surface area contributed by atoms with Crippen molar-refractivity contribution in [2.24, 2.45) is 0 Å². The Labute approximate surface area is 114 Å². The highest BCUT2D eigenvalue weighted by Gasteiger charge is 1.96. The molecule has 0 saturated heterocycles. The molecular formula is C14H14S3. The Morgan fingerprint density at radius 1 is 0.882 bits per heavy atom. The first-order valence-electron chi connectivity index (χ1n) is 5.41. The van der Waals surface area contributed by atoms with Crippen LogP contribution in [-0.2, 0) is 5.75 Å². The first-order chi connectivity index (χ1) is 8.34. The lowest BCUT2D eigenvalue weighted by Gasteiger charge is -2.01. The second-order valence-corrected chi connectivity index (χ2v) is 7.85. The van der Waals surface area contributed by atoms with E-state index < -0.39 is 0 Å². The van der Waals surface area contributed by atoms with E-state index in [0.29, 0.717) is 0 Å². The zero-order valence-corrected chi connectivity index (χ0v) is 12.1. The Hall–Kier alpha value is -0.510. The molecule has 0 radical (unpaired) electrons. The lowest BCUT2D eigenvalue weighted by Crippen LogP contribution is -1.74. The molecule has 0 unspecified atom stereocenters. The zero-order valence-electron chi connectivity index (χ0n) is 9.63. The summed E-state index contributed by atoms with van der Waals surface area (Å²) in [6, 6.07) is 19.2. The van der Waals surface area contributed by atoms with Crippen LogP contribution in [-0.4, -0.2) is 0 Å². The van der Waals surface area contributed by atoms with Crippen molar-refractivity contribution in [3.63, 3.8) is 0 Å². The quantitative estimate of drug-likeness (QED) is 0.517. The maximum absolute atomic E-state index is 2.18. The van der Waals surface area contributed by atoms with E-state index in [1.54, 1.807) is 0 Å². The molecule has 2 rings (SSSR count). The van der Waals surface area contributed by atoms with Crippen molar-refractivity contribution in [1.82, 2.24) is 0 Å². The molecule has 0 aliphatic rings. The summed E-state index contributed by atoms with van der Waals surface area (Å²) < 4.78 is 0. The predicted octanol–water partition coefficient (Wildman–Crippen LogP) is 5.58. The monoisotopic (exact) mass is 278 g/mol. The maximum atomic E-state index is 2.18. The van der Waals surface area contributed by atoms with Crippen molar-refractivity contribution >= 4 is 31.4 Å². The summed E-state index contributed by atoms with van der Waals surface area (Å²) >= 11 is 0. The molecular weight excluding hydrogens is 264 g/mol. The summed E-state index contributed by atoms with van der Waals surface area (Å²) in [7, 11) is 5.55. The predicted molar refractivity (Wildman–Crippen MR) is 82.4 cm³/mol. The Morgan fingerprint density at radius 3 is 2.29 bits per heavy atom. The van der Waals surface area contributed by atoms with Crippen LogP contribution in [0.3, 0.4) is 0 Å². The Morgan fingerprint density at radius 2 is 1.59 bits per heavy atom. The van der Waals surface area contributed by atoms with Crippen LogP contribution in [0.4, 0.5) is 0 Å². The Balaban J connectivity index is 1.71. The molecule has 17 heavy (non-hydrogen) atoms. The van der Waals surface area contributed by atoms with Gasteiger partial charge >= 0.3 is 0 Å². The second kappa shape index (κ2) is 7.04. The van der Waals surface area contributed by atoms with Crippen molar-refractivity contribution in [3.05, 3.63) is 65.7 Å².